The van der Waals surface area contributed by atoms with Gasteiger partial charge >= 0.3 is 6.01 Å². The van der Waals surface area contributed by atoms with Gasteiger partial charge in [0.25, 0.3) is 0 Å². The first-order valence-corrected chi connectivity index (χ1v) is 7.49. The summed E-state index contributed by atoms with van der Waals surface area (Å²) < 4.78 is 5.11. The number of nitrogens with zero attached hydrogens (tertiary/aromatic N) is 3. The van der Waals surface area contributed by atoms with Crippen molar-refractivity contribution < 1.29 is 4.74 Å². The molecule has 1 aromatic rings. The average Bonchev–Trinajstić information content (AvgIpc) is 2.47. The summed E-state index contributed by atoms with van der Waals surface area (Å²) in [5.41, 5.74) is 0. The molecule has 0 spiro atoms. The molecule has 1 saturated carbocycles. The van der Waals surface area contributed by atoms with Gasteiger partial charge in [-0.1, -0.05) is 19.8 Å². The zero-order valence-corrected chi connectivity index (χ0v) is 12.6. The molecule has 1 aliphatic rings. The molecule has 1 aromatic heterocycles. The number of hydrogen-bond acceptors (Lipinski definition) is 6. The van der Waals surface area contributed by atoms with E-state index in [0.29, 0.717) is 17.9 Å². The largest absolute Gasteiger partial charge is 0.467 e. The van der Waals surface area contributed by atoms with Gasteiger partial charge in [0.15, 0.2) is 0 Å². The van der Waals surface area contributed by atoms with E-state index in [4.69, 9.17) is 4.74 Å². The van der Waals surface area contributed by atoms with Gasteiger partial charge < -0.3 is 15.4 Å². The Morgan fingerprint density at radius 2 is 1.70 bits per heavy atom. The summed E-state index contributed by atoms with van der Waals surface area (Å²) in [6, 6.07) is 0.343. The fourth-order valence-corrected chi connectivity index (χ4v) is 2.53. The molecule has 20 heavy (non-hydrogen) atoms. The van der Waals surface area contributed by atoms with Gasteiger partial charge in [0.05, 0.1) is 7.11 Å². The van der Waals surface area contributed by atoms with Crippen LogP contribution in [0, 0.1) is 11.8 Å². The molecule has 1 aliphatic carbocycles. The third kappa shape index (κ3) is 4.21. The number of anilines is 2. The molecule has 2 N–H and O–H groups in total. The number of aromatic nitrogens is 3. The summed E-state index contributed by atoms with van der Waals surface area (Å²) in [5, 5.41) is 6.40. The van der Waals surface area contributed by atoms with E-state index < -0.39 is 0 Å². The van der Waals surface area contributed by atoms with Crippen molar-refractivity contribution >= 4 is 11.9 Å². The Kier molecular flexibility index (Phi) is 5.38. The van der Waals surface area contributed by atoms with Crippen LogP contribution >= 0.6 is 0 Å². The Hall–Kier alpha value is -1.59. The van der Waals surface area contributed by atoms with Crippen molar-refractivity contribution in [1.82, 2.24) is 15.0 Å². The van der Waals surface area contributed by atoms with Gasteiger partial charge in [0.1, 0.15) is 0 Å². The second-order valence-corrected chi connectivity index (χ2v) is 5.51. The maximum Gasteiger partial charge on any atom is 0.322 e. The summed E-state index contributed by atoms with van der Waals surface area (Å²) in [6.45, 7) is 6.04. The molecule has 0 aromatic carbocycles. The molecule has 2 rings (SSSR count). The summed E-state index contributed by atoms with van der Waals surface area (Å²) in [4.78, 5) is 12.7. The monoisotopic (exact) mass is 279 g/mol. The van der Waals surface area contributed by atoms with Crippen molar-refractivity contribution in [3.8, 4) is 6.01 Å². The highest BCUT2D eigenvalue weighted by atomic mass is 16.5. The molecular weight excluding hydrogens is 254 g/mol. The molecule has 1 fully saturated rings. The molecule has 0 saturated heterocycles. The van der Waals surface area contributed by atoms with E-state index in [1.165, 1.54) is 25.7 Å². The second-order valence-electron chi connectivity index (χ2n) is 5.51. The highest BCUT2D eigenvalue weighted by Gasteiger charge is 2.18. The highest BCUT2D eigenvalue weighted by molar-refractivity contribution is 5.35. The normalized spacial score (nSPS) is 22.4. The highest BCUT2D eigenvalue weighted by Crippen LogP contribution is 2.28. The molecule has 0 aliphatic heterocycles. The molecule has 6 heteroatoms. The molecule has 6 nitrogen and oxygen atoms in total. The number of nitrogens with one attached hydrogen (secondary N) is 2. The fraction of sp³-hybridized carbons (Fsp3) is 0.786. The Bertz CT molecular complexity index is 418. The fourth-order valence-electron chi connectivity index (χ4n) is 2.53. The summed E-state index contributed by atoms with van der Waals surface area (Å²) in [6.07, 6.45) is 5.23. The van der Waals surface area contributed by atoms with E-state index in [-0.39, 0.29) is 0 Å². The summed E-state index contributed by atoms with van der Waals surface area (Å²) >= 11 is 0. The Balaban J connectivity index is 1.92. The van der Waals surface area contributed by atoms with Crippen LogP contribution in [0.3, 0.4) is 0 Å². The van der Waals surface area contributed by atoms with Crippen molar-refractivity contribution in [2.75, 3.05) is 30.8 Å². The average molecular weight is 279 g/mol. The second kappa shape index (κ2) is 7.26. The molecule has 0 amide bonds. The topological polar surface area (TPSA) is 72.0 Å². The van der Waals surface area contributed by atoms with Gasteiger partial charge in [-0.05, 0) is 31.6 Å². The molecule has 0 unspecified atom stereocenters. The minimum absolute atomic E-state index is 0.343. The molecule has 112 valence electrons. The standard InChI is InChI=1S/C14H25N5O/c1-4-15-12-17-13(19-14(18-12)20-3)16-9-11-7-5-10(2)6-8-11/h10-11H,4-9H2,1-3H3,(H2,15,16,17,18,19). The van der Waals surface area contributed by atoms with Crippen molar-refractivity contribution in [3.05, 3.63) is 0 Å². The number of rotatable bonds is 6. The third-order valence-electron chi connectivity index (χ3n) is 3.82. The van der Waals surface area contributed by atoms with Crippen LogP contribution in [0.1, 0.15) is 39.5 Å². The van der Waals surface area contributed by atoms with E-state index in [1.54, 1.807) is 7.11 Å². The van der Waals surface area contributed by atoms with E-state index in [1.807, 2.05) is 6.92 Å². The quantitative estimate of drug-likeness (QED) is 0.834. The molecule has 0 bridgehead atoms. The van der Waals surface area contributed by atoms with Gasteiger partial charge in [0, 0.05) is 13.1 Å². The first-order valence-electron chi connectivity index (χ1n) is 7.49. The van der Waals surface area contributed by atoms with E-state index in [0.717, 1.165) is 24.9 Å². The number of hydrogen-bond donors (Lipinski definition) is 2. The van der Waals surface area contributed by atoms with Crippen LogP contribution in [0.15, 0.2) is 0 Å². The summed E-state index contributed by atoms with van der Waals surface area (Å²) in [7, 11) is 1.57. The van der Waals surface area contributed by atoms with Gasteiger partial charge in [0.2, 0.25) is 11.9 Å². The molecular formula is C14H25N5O. The lowest BCUT2D eigenvalue weighted by atomic mass is 9.83. The predicted molar refractivity (Wildman–Crippen MR) is 80.2 cm³/mol. The van der Waals surface area contributed by atoms with Crippen molar-refractivity contribution in [1.29, 1.82) is 0 Å². The maximum atomic E-state index is 5.11. The van der Waals surface area contributed by atoms with E-state index >= 15 is 0 Å². The smallest absolute Gasteiger partial charge is 0.322 e. The maximum absolute atomic E-state index is 5.11. The van der Waals surface area contributed by atoms with Crippen molar-refractivity contribution in [2.45, 2.75) is 39.5 Å². The Morgan fingerprint density at radius 3 is 2.30 bits per heavy atom. The first kappa shape index (κ1) is 14.8. The lowest BCUT2D eigenvalue weighted by molar-refractivity contribution is 0.300. The van der Waals surface area contributed by atoms with Gasteiger partial charge in [-0.25, -0.2) is 0 Å². The van der Waals surface area contributed by atoms with Gasteiger partial charge in [-0.15, -0.1) is 0 Å². The molecule has 0 radical (unpaired) electrons. The van der Waals surface area contributed by atoms with Crippen LogP contribution in [0.5, 0.6) is 6.01 Å². The first-order chi connectivity index (χ1) is 9.71. The van der Waals surface area contributed by atoms with Crippen LogP contribution in [0.4, 0.5) is 11.9 Å². The van der Waals surface area contributed by atoms with Gasteiger partial charge in [-0.2, -0.15) is 15.0 Å². The van der Waals surface area contributed by atoms with Gasteiger partial charge in [-0.3, -0.25) is 0 Å². The molecule has 0 atom stereocenters. The Labute approximate surface area is 120 Å². The minimum Gasteiger partial charge on any atom is -0.467 e. The minimum atomic E-state index is 0.343. The zero-order chi connectivity index (χ0) is 14.4. The van der Waals surface area contributed by atoms with Crippen LogP contribution < -0.4 is 15.4 Å². The lowest BCUT2D eigenvalue weighted by Gasteiger charge is -2.26. The lowest BCUT2D eigenvalue weighted by Crippen LogP contribution is -2.21. The van der Waals surface area contributed by atoms with Crippen LogP contribution in [0.25, 0.3) is 0 Å². The SMILES string of the molecule is CCNc1nc(NCC2CCC(C)CC2)nc(OC)n1. The van der Waals surface area contributed by atoms with E-state index in [9.17, 15) is 0 Å². The number of ether oxygens (including phenoxy) is 1. The Morgan fingerprint density at radius 1 is 1.05 bits per heavy atom. The predicted octanol–water partition coefficient (Wildman–Crippen LogP) is 2.55. The van der Waals surface area contributed by atoms with Crippen LogP contribution in [0.2, 0.25) is 0 Å². The zero-order valence-electron chi connectivity index (χ0n) is 12.6. The van der Waals surface area contributed by atoms with Crippen molar-refractivity contribution in [2.24, 2.45) is 11.8 Å². The number of methoxy groups -OCH3 is 1. The van der Waals surface area contributed by atoms with Crippen molar-refractivity contribution in [3.63, 3.8) is 0 Å². The molecule has 1 heterocycles. The van der Waals surface area contributed by atoms with Crippen LogP contribution in [-0.2, 0) is 0 Å². The third-order valence-corrected chi connectivity index (χ3v) is 3.82. The van der Waals surface area contributed by atoms with E-state index in [2.05, 4.69) is 32.5 Å². The summed E-state index contributed by atoms with van der Waals surface area (Å²) in [5.74, 6) is 2.74. The van der Waals surface area contributed by atoms with Crippen LogP contribution in [-0.4, -0.2) is 35.2 Å².